The fourth-order valence-corrected chi connectivity index (χ4v) is 3.71. The molecule has 0 spiro atoms. The molecule has 4 rings (SSSR count). The molecule has 0 bridgehead atoms. The maximum atomic E-state index is 11.7. The molecule has 0 unspecified atom stereocenters. The number of aromatic carboxylic acids is 1. The van der Waals surface area contributed by atoms with Crippen LogP contribution in [-0.2, 0) is 10.1 Å². The summed E-state index contributed by atoms with van der Waals surface area (Å²) in [7, 11) is -4.59. The number of carboxylic acids is 1. The van der Waals surface area contributed by atoms with Gasteiger partial charge in [-0.3, -0.25) is 4.55 Å². The second-order valence-corrected chi connectivity index (χ2v) is 8.44. The third-order valence-corrected chi connectivity index (χ3v) is 5.62. The van der Waals surface area contributed by atoms with E-state index in [1.165, 1.54) is 30.3 Å². The van der Waals surface area contributed by atoms with Gasteiger partial charge in [-0.2, -0.15) is 13.5 Å². The zero-order valence-corrected chi connectivity index (χ0v) is 17.7. The average molecular weight is 463 g/mol. The smallest absolute Gasteiger partial charge is 0.335 e. The minimum atomic E-state index is -4.59. The number of carbonyl (C=O) groups is 1. The van der Waals surface area contributed by atoms with Gasteiger partial charge < -0.3 is 15.5 Å². The summed E-state index contributed by atoms with van der Waals surface area (Å²) in [6, 6.07) is 20.3. The highest BCUT2D eigenvalue weighted by Gasteiger charge is 2.17. The summed E-state index contributed by atoms with van der Waals surface area (Å²) in [6.07, 6.45) is 0. The molecular weight excluding hydrogens is 446 g/mol. The van der Waals surface area contributed by atoms with E-state index in [0.717, 1.165) is 11.8 Å². The molecule has 4 aromatic rings. The number of nitrogens with one attached hydrogen (secondary N) is 1. The lowest BCUT2D eigenvalue weighted by molar-refractivity contribution is 0.0697. The SMILES string of the molecule is O=C(O)c1ccc(N=Nc2c(Nc3ccccc3)ccc3c(O)cc(S(=O)(=O)O)cc23)cc1. The van der Waals surface area contributed by atoms with Crippen LogP contribution in [0.15, 0.2) is 94.0 Å². The summed E-state index contributed by atoms with van der Waals surface area (Å²) in [5.74, 6) is -1.43. The van der Waals surface area contributed by atoms with E-state index in [1.54, 1.807) is 12.1 Å². The minimum Gasteiger partial charge on any atom is -0.507 e. The summed E-state index contributed by atoms with van der Waals surface area (Å²) in [4.78, 5) is 10.6. The number of phenols is 1. The van der Waals surface area contributed by atoms with Crippen molar-refractivity contribution < 1.29 is 28.0 Å². The van der Waals surface area contributed by atoms with Gasteiger partial charge in [-0.05, 0) is 54.6 Å². The molecule has 0 aliphatic carbocycles. The van der Waals surface area contributed by atoms with Gasteiger partial charge in [-0.25, -0.2) is 4.79 Å². The number of para-hydroxylation sites is 1. The Kier molecular flexibility index (Phi) is 5.78. The standard InChI is InChI=1S/C23H17N3O6S/c27-21-13-17(33(30,31)32)12-19-18(21)10-11-20(24-15-4-2-1-3-5-15)22(19)26-25-16-8-6-14(7-9-16)23(28)29/h1-13,24,27H,(H,28,29)(H,30,31,32). The predicted molar refractivity (Wildman–Crippen MR) is 123 cm³/mol. The van der Waals surface area contributed by atoms with Crippen molar-refractivity contribution in [1.29, 1.82) is 0 Å². The molecule has 0 fully saturated rings. The van der Waals surface area contributed by atoms with E-state index in [2.05, 4.69) is 15.5 Å². The van der Waals surface area contributed by atoms with E-state index in [9.17, 15) is 22.9 Å². The van der Waals surface area contributed by atoms with E-state index in [-0.39, 0.29) is 22.4 Å². The van der Waals surface area contributed by atoms with Crippen molar-refractivity contribution in [3.63, 3.8) is 0 Å². The number of benzene rings is 4. The maximum absolute atomic E-state index is 11.7. The highest BCUT2D eigenvalue weighted by atomic mass is 32.2. The van der Waals surface area contributed by atoms with Crippen molar-refractivity contribution in [2.45, 2.75) is 4.90 Å². The van der Waals surface area contributed by atoms with Crippen LogP contribution in [0.1, 0.15) is 10.4 Å². The van der Waals surface area contributed by atoms with Gasteiger partial charge in [-0.1, -0.05) is 18.2 Å². The molecule has 0 aromatic heterocycles. The molecule has 0 saturated heterocycles. The van der Waals surface area contributed by atoms with Gasteiger partial charge in [-0.15, -0.1) is 5.11 Å². The molecule has 0 amide bonds. The van der Waals surface area contributed by atoms with Crippen molar-refractivity contribution >= 4 is 49.6 Å². The molecule has 0 radical (unpaired) electrons. The Labute approximate surface area is 188 Å². The number of aromatic hydroxyl groups is 1. The molecule has 0 aliphatic rings. The molecule has 4 aromatic carbocycles. The molecular formula is C23H17N3O6S. The fourth-order valence-electron chi connectivity index (χ4n) is 3.19. The van der Waals surface area contributed by atoms with Crippen LogP contribution in [0.3, 0.4) is 0 Å². The van der Waals surface area contributed by atoms with Crippen LogP contribution in [0.2, 0.25) is 0 Å². The molecule has 0 saturated carbocycles. The van der Waals surface area contributed by atoms with Crippen LogP contribution in [-0.4, -0.2) is 29.2 Å². The first kappa shape index (κ1) is 21.9. The molecule has 9 nitrogen and oxygen atoms in total. The quantitative estimate of drug-likeness (QED) is 0.213. The Bertz CT molecular complexity index is 1480. The maximum Gasteiger partial charge on any atom is 0.335 e. The van der Waals surface area contributed by atoms with E-state index in [1.807, 2.05) is 30.3 Å². The molecule has 166 valence electrons. The lowest BCUT2D eigenvalue weighted by Crippen LogP contribution is -1.98. The normalized spacial score (nSPS) is 11.7. The number of fused-ring (bicyclic) bond motifs is 1. The monoisotopic (exact) mass is 463 g/mol. The first-order valence-corrected chi connectivity index (χ1v) is 11.0. The van der Waals surface area contributed by atoms with Crippen LogP contribution < -0.4 is 5.32 Å². The van der Waals surface area contributed by atoms with Gasteiger partial charge in [0.1, 0.15) is 11.4 Å². The number of azo groups is 1. The summed E-state index contributed by atoms with van der Waals surface area (Å²) in [6.45, 7) is 0. The van der Waals surface area contributed by atoms with Crippen LogP contribution in [0, 0.1) is 0 Å². The zero-order valence-electron chi connectivity index (χ0n) is 16.9. The van der Waals surface area contributed by atoms with E-state index < -0.39 is 21.0 Å². The van der Waals surface area contributed by atoms with Crippen molar-refractivity contribution in [3.05, 3.63) is 84.4 Å². The molecule has 0 heterocycles. The third kappa shape index (κ3) is 4.81. The largest absolute Gasteiger partial charge is 0.507 e. The van der Waals surface area contributed by atoms with Gasteiger partial charge >= 0.3 is 5.97 Å². The van der Waals surface area contributed by atoms with Gasteiger partial charge in [0.2, 0.25) is 0 Å². The van der Waals surface area contributed by atoms with Gasteiger partial charge in [0.25, 0.3) is 10.1 Å². The minimum absolute atomic E-state index is 0.0910. The highest BCUT2D eigenvalue weighted by Crippen LogP contribution is 2.41. The van der Waals surface area contributed by atoms with Crippen molar-refractivity contribution in [2.24, 2.45) is 10.2 Å². The topological polar surface area (TPSA) is 149 Å². The predicted octanol–water partition coefficient (Wildman–Crippen LogP) is 5.65. The first-order chi connectivity index (χ1) is 15.7. The number of carboxylic acid groups (broad SMARTS) is 1. The van der Waals surface area contributed by atoms with Crippen LogP contribution in [0.5, 0.6) is 5.75 Å². The molecule has 10 heteroatoms. The zero-order chi connectivity index (χ0) is 23.6. The van der Waals surface area contributed by atoms with Gasteiger partial charge in [0.15, 0.2) is 0 Å². The lowest BCUT2D eigenvalue weighted by atomic mass is 10.1. The summed E-state index contributed by atoms with van der Waals surface area (Å²) in [5.41, 5.74) is 1.85. The molecule has 0 atom stereocenters. The Morgan fingerprint density at radius 1 is 0.848 bits per heavy atom. The van der Waals surface area contributed by atoms with Gasteiger partial charge in [0.05, 0.1) is 21.8 Å². The van der Waals surface area contributed by atoms with Crippen LogP contribution >= 0.6 is 0 Å². The van der Waals surface area contributed by atoms with Gasteiger partial charge in [0, 0.05) is 22.5 Å². The summed E-state index contributed by atoms with van der Waals surface area (Å²) < 4.78 is 32.9. The van der Waals surface area contributed by atoms with Crippen LogP contribution in [0.25, 0.3) is 10.8 Å². The highest BCUT2D eigenvalue weighted by molar-refractivity contribution is 7.85. The Morgan fingerprint density at radius 3 is 2.18 bits per heavy atom. The number of hydrogen-bond acceptors (Lipinski definition) is 7. The van der Waals surface area contributed by atoms with Crippen LogP contribution in [0.4, 0.5) is 22.7 Å². The van der Waals surface area contributed by atoms with Crippen molar-refractivity contribution in [3.8, 4) is 5.75 Å². The van der Waals surface area contributed by atoms with E-state index in [4.69, 9.17) is 5.11 Å². The number of rotatable bonds is 6. The molecule has 33 heavy (non-hydrogen) atoms. The number of anilines is 2. The summed E-state index contributed by atoms with van der Waals surface area (Å²) in [5, 5.41) is 31.5. The molecule has 0 aliphatic heterocycles. The third-order valence-electron chi connectivity index (χ3n) is 4.79. The summed E-state index contributed by atoms with van der Waals surface area (Å²) >= 11 is 0. The average Bonchev–Trinajstić information content (AvgIpc) is 2.78. The first-order valence-electron chi connectivity index (χ1n) is 9.57. The number of hydrogen-bond donors (Lipinski definition) is 4. The molecule has 4 N–H and O–H groups in total. The van der Waals surface area contributed by atoms with Crippen molar-refractivity contribution in [1.82, 2.24) is 0 Å². The number of phenolic OH excluding ortho intramolecular Hbond substituents is 1. The Morgan fingerprint density at radius 2 is 1.55 bits per heavy atom. The fraction of sp³-hybridized carbons (Fsp3) is 0. The van der Waals surface area contributed by atoms with E-state index in [0.29, 0.717) is 16.8 Å². The Hall–Kier alpha value is -4.28. The van der Waals surface area contributed by atoms with Crippen molar-refractivity contribution in [2.75, 3.05) is 5.32 Å². The number of nitrogens with zero attached hydrogens (tertiary/aromatic N) is 2. The lowest BCUT2D eigenvalue weighted by Gasteiger charge is -2.13. The second kappa shape index (κ2) is 8.69. The Balaban J connectivity index is 1.89. The second-order valence-electron chi connectivity index (χ2n) is 7.02. The van der Waals surface area contributed by atoms with E-state index >= 15 is 0 Å².